The predicted molar refractivity (Wildman–Crippen MR) is 91.3 cm³/mol. The standard InChI is InChI=1S/C18H21N3O4/c1-12(20-18(22)17-13(2)24-8-9-25-17)14-10-19-21(11-14)15-6-4-5-7-16(15)23-3/h4-7,10-12H,8-9H2,1-3H3,(H,20,22). The third-order valence-electron chi connectivity index (χ3n) is 3.96. The number of nitrogens with one attached hydrogen (secondary N) is 1. The Morgan fingerprint density at radius 2 is 2.08 bits per heavy atom. The minimum absolute atomic E-state index is 0.232. The summed E-state index contributed by atoms with van der Waals surface area (Å²) in [6, 6.07) is 7.37. The van der Waals surface area contributed by atoms with E-state index in [9.17, 15) is 4.79 Å². The first-order valence-electron chi connectivity index (χ1n) is 8.05. The van der Waals surface area contributed by atoms with Crippen LogP contribution in [0.25, 0.3) is 5.69 Å². The lowest BCUT2D eigenvalue weighted by Crippen LogP contribution is -2.31. The molecular formula is C18H21N3O4. The summed E-state index contributed by atoms with van der Waals surface area (Å²) in [6.45, 7) is 4.45. The third kappa shape index (κ3) is 3.60. The number of allylic oxidation sites excluding steroid dienone is 1. The van der Waals surface area contributed by atoms with E-state index < -0.39 is 0 Å². The molecule has 1 aliphatic rings. The highest BCUT2D eigenvalue weighted by atomic mass is 16.6. The number of hydrogen-bond acceptors (Lipinski definition) is 5. The van der Waals surface area contributed by atoms with Gasteiger partial charge in [-0.2, -0.15) is 5.10 Å². The van der Waals surface area contributed by atoms with Gasteiger partial charge in [0.1, 0.15) is 30.4 Å². The number of nitrogens with zero attached hydrogens (tertiary/aromatic N) is 2. The highest BCUT2D eigenvalue weighted by molar-refractivity contribution is 5.92. The molecule has 25 heavy (non-hydrogen) atoms. The maximum atomic E-state index is 12.3. The zero-order valence-corrected chi connectivity index (χ0v) is 14.5. The zero-order valence-electron chi connectivity index (χ0n) is 14.5. The SMILES string of the molecule is COc1ccccc1-n1cc(C(C)NC(=O)C2=C(C)OCCO2)cn1. The molecule has 0 saturated heterocycles. The predicted octanol–water partition coefficient (Wildman–Crippen LogP) is 2.34. The van der Waals surface area contributed by atoms with Crippen LogP contribution in [0, 0.1) is 0 Å². The number of aromatic nitrogens is 2. The van der Waals surface area contributed by atoms with E-state index in [0.717, 1.165) is 17.0 Å². The molecule has 1 atom stereocenters. The van der Waals surface area contributed by atoms with Crippen LogP contribution in [0.5, 0.6) is 5.75 Å². The number of carbonyl (C=O) groups excluding carboxylic acids is 1. The van der Waals surface area contributed by atoms with E-state index in [-0.39, 0.29) is 17.7 Å². The molecule has 1 N–H and O–H groups in total. The summed E-state index contributed by atoms with van der Waals surface area (Å²) in [5.41, 5.74) is 1.70. The maximum Gasteiger partial charge on any atom is 0.290 e. The van der Waals surface area contributed by atoms with E-state index in [0.29, 0.717) is 19.0 Å². The van der Waals surface area contributed by atoms with Crippen LogP contribution in [-0.4, -0.2) is 36.0 Å². The van der Waals surface area contributed by atoms with E-state index >= 15 is 0 Å². The third-order valence-corrected chi connectivity index (χ3v) is 3.96. The largest absolute Gasteiger partial charge is 0.494 e. The van der Waals surface area contributed by atoms with Crippen molar-refractivity contribution in [2.45, 2.75) is 19.9 Å². The fourth-order valence-corrected chi connectivity index (χ4v) is 2.59. The normalized spacial score (nSPS) is 15.2. The lowest BCUT2D eigenvalue weighted by Gasteiger charge is -2.20. The molecule has 7 heteroatoms. The zero-order chi connectivity index (χ0) is 17.8. The molecule has 132 valence electrons. The van der Waals surface area contributed by atoms with Crippen molar-refractivity contribution in [3.8, 4) is 11.4 Å². The molecule has 1 aromatic heterocycles. The smallest absolute Gasteiger partial charge is 0.290 e. The monoisotopic (exact) mass is 343 g/mol. The van der Waals surface area contributed by atoms with Crippen molar-refractivity contribution in [1.82, 2.24) is 15.1 Å². The second-order valence-electron chi connectivity index (χ2n) is 5.67. The summed E-state index contributed by atoms with van der Waals surface area (Å²) in [5.74, 6) is 1.16. The van der Waals surface area contributed by atoms with E-state index in [4.69, 9.17) is 14.2 Å². The van der Waals surface area contributed by atoms with Crippen LogP contribution in [0.2, 0.25) is 0 Å². The van der Waals surface area contributed by atoms with Crippen molar-refractivity contribution in [3.63, 3.8) is 0 Å². The average molecular weight is 343 g/mol. The molecule has 3 rings (SSSR count). The van der Waals surface area contributed by atoms with Gasteiger partial charge in [-0.25, -0.2) is 4.68 Å². The summed E-state index contributed by atoms with van der Waals surface area (Å²) in [5, 5.41) is 7.27. The fraction of sp³-hybridized carbons (Fsp3) is 0.333. The fourth-order valence-electron chi connectivity index (χ4n) is 2.59. The van der Waals surface area contributed by atoms with Gasteiger partial charge in [-0.3, -0.25) is 4.79 Å². The summed E-state index contributed by atoms with van der Waals surface area (Å²) < 4.78 is 17.8. The Morgan fingerprint density at radius 1 is 1.32 bits per heavy atom. The van der Waals surface area contributed by atoms with E-state index in [1.165, 1.54) is 0 Å². The number of carbonyl (C=O) groups is 1. The number of rotatable bonds is 5. The first-order valence-corrected chi connectivity index (χ1v) is 8.05. The van der Waals surface area contributed by atoms with Crippen LogP contribution in [0.3, 0.4) is 0 Å². The second kappa shape index (κ2) is 7.29. The van der Waals surface area contributed by atoms with Crippen LogP contribution in [0.1, 0.15) is 25.5 Å². The number of para-hydroxylation sites is 2. The molecule has 0 bridgehead atoms. The van der Waals surface area contributed by atoms with E-state index in [1.807, 2.05) is 37.4 Å². The van der Waals surface area contributed by atoms with Gasteiger partial charge in [-0.05, 0) is 26.0 Å². The minimum Gasteiger partial charge on any atom is -0.494 e. The number of amides is 1. The summed E-state index contributed by atoms with van der Waals surface area (Å²) in [6.07, 6.45) is 3.58. The molecule has 1 aromatic carbocycles. The van der Waals surface area contributed by atoms with Crippen molar-refractivity contribution < 1.29 is 19.0 Å². The average Bonchev–Trinajstić information content (AvgIpc) is 3.12. The molecule has 2 heterocycles. The molecule has 7 nitrogen and oxygen atoms in total. The van der Waals surface area contributed by atoms with E-state index in [2.05, 4.69) is 10.4 Å². The molecule has 0 fully saturated rings. The highest BCUT2D eigenvalue weighted by Crippen LogP contribution is 2.23. The van der Waals surface area contributed by atoms with Crippen molar-refractivity contribution >= 4 is 5.91 Å². The van der Waals surface area contributed by atoms with Crippen molar-refractivity contribution in [1.29, 1.82) is 0 Å². The lowest BCUT2D eigenvalue weighted by molar-refractivity contribution is -0.123. The van der Waals surface area contributed by atoms with Crippen molar-refractivity contribution in [2.75, 3.05) is 20.3 Å². The Morgan fingerprint density at radius 3 is 2.84 bits per heavy atom. The Bertz CT molecular complexity index is 797. The topological polar surface area (TPSA) is 74.6 Å². The highest BCUT2D eigenvalue weighted by Gasteiger charge is 2.22. The van der Waals surface area contributed by atoms with Gasteiger partial charge in [0, 0.05) is 11.8 Å². The lowest BCUT2D eigenvalue weighted by atomic mass is 10.2. The first kappa shape index (κ1) is 16.9. The first-order chi connectivity index (χ1) is 12.1. The van der Waals surface area contributed by atoms with Crippen molar-refractivity contribution in [2.24, 2.45) is 0 Å². The Hall–Kier alpha value is -2.96. The van der Waals surface area contributed by atoms with E-state index in [1.54, 1.807) is 24.9 Å². The number of methoxy groups -OCH3 is 1. The Labute approximate surface area is 146 Å². The number of ether oxygens (including phenoxy) is 3. The summed E-state index contributed by atoms with van der Waals surface area (Å²) in [7, 11) is 1.62. The van der Waals surface area contributed by atoms with Crippen LogP contribution >= 0.6 is 0 Å². The quantitative estimate of drug-likeness (QED) is 0.902. The minimum atomic E-state index is -0.297. The molecule has 1 aliphatic heterocycles. The summed E-state index contributed by atoms with van der Waals surface area (Å²) in [4.78, 5) is 12.3. The Kier molecular flexibility index (Phi) is 4.92. The van der Waals surface area contributed by atoms with Gasteiger partial charge in [0.25, 0.3) is 5.91 Å². The van der Waals surface area contributed by atoms with Crippen LogP contribution in [-0.2, 0) is 14.3 Å². The van der Waals surface area contributed by atoms with Crippen LogP contribution in [0.15, 0.2) is 48.2 Å². The number of benzene rings is 1. The van der Waals surface area contributed by atoms with Crippen molar-refractivity contribution in [3.05, 3.63) is 53.7 Å². The van der Waals surface area contributed by atoms with Crippen LogP contribution in [0.4, 0.5) is 0 Å². The molecule has 0 spiro atoms. The van der Waals surface area contributed by atoms with Gasteiger partial charge in [0.2, 0.25) is 5.76 Å². The van der Waals surface area contributed by atoms with Gasteiger partial charge < -0.3 is 19.5 Å². The maximum absolute atomic E-state index is 12.3. The molecule has 1 unspecified atom stereocenters. The summed E-state index contributed by atoms with van der Waals surface area (Å²) >= 11 is 0. The molecular weight excluding hydrogens is 322 g/mol. The van der Waals surface area contributed by atoms with Gasteiger partial charge in [0.05, 0.1) is 19.3 Å². The molecule has 1 amide bonds. The molecule has 0 radical (unpaired) electrons. The second-order valence-corrected chi connectivity index (χ2v) is 5.67. The Balaban J connectivity index is 1.75. The molecule has 2 aromatic rings. The van der Waals surface area contributed by atoms with Gasteiger partial charge in [-0.15, -0.1) is 0 Å². The van der Waals surface area contributed by atoms with Gasteiger partial charge in [-0.1, -0.05) is 12.1 Å². The molecule has 0 saturated carbocycles. The van der Waals surface area contributed by atoms with Gasteiger partial charge >= 0.3 is 0 Å². The van der Waals surface area contributed by atoms with Gasteiger partial charge in [0.15, 0.2) is 0 Å². The van der Waals surface area contributed by atoms with Crippen LogP contribution < -0.4 is 10.1 Å². The number of hydrogen-bond donors (Lipinski definition) is 1. The molecule has 0 aliphatic carbocycles.